The molecular weight excluding hydrogens is 609 g/mol. The maximum atomic E-state index is 14.2. The molecule has 1 aromatic carbocycles. The molecule has 0 N–H and O–H groups in total. The van der Waals surface area contributed by atoms with Gasteiger partial charge in [0.2, 0.25) is 5.91 Å². The number of piperazine rings is 1. The van der Waals surface area contributed by atoms with E-state index in [1.807, 2.05) is 24.9 Å². The van der Waals surface area contributed by atoms with Gasteiger partial charge in [0.15, 0.2) is 11.5 Å². The van der Waals surface area contributed by atoms with Crippen molar-refractivity contribution >= 4 is 17.2 Å². The first-order valence-corrected chi connectivity index (χ1v) is 16.1. The number of likely N-dealkylation sites (N-methyl/N-ethyl adjacent to an activating group) is 1. The third-order valence-corrected chi connectivity index (χ3v) is 9.18. The molecule has 0 bridgehead atoms. The second kappa shape index (κ2) is 13.4. The van der Waals surface area contributed by atoms with Crippen molar-refractivity contribution < 1.29 is 27.5 Å². The smallest absolute Gasteiger partial charge is 0.416 e. The number of carbonyl (C=O) groups is 2. The summed E-state index contributed by atoms with van der Waals surface area (Å²) in [5.74, 6) is 0.718. The molecule has 1 atom stereocenters. The Bertz CT molecular complexity index is 1780. The molecule has 5 heterocycles. The number of amides is 1. The highest BCUT2D eigenvalue weighted by molar-refractivity contribution is 5.97. The average molecular weight is 649 g/mol. The van der Waals surface area contributed by atoms with Crippen molar-refractivity contribution in [3.05, 3.63) is 88.5 Å². The van der Waals surface area contributed by atoms with Gasteiger partial charge in [-0.1, -0.05) is 26.0 Å². The van der Waals surface area contributed by atoms with E-state index < -0.39 is 11.7 Å². The Balaban J connectivity index is 1.19. The van der Waals surface area contributed by atoms with E-state index >= 15 is 0 Å². The zero-order chi connectivity index (χ0) is 33.3. The molecule has 0 spiro atoms. The molecule has 2 aliphatic heterocycles. The summed E-state index contributed by atoms with van der Waals surface area (Å²) in [6, 6.07) is 9.64. The predicted octanol–water partition coefficient (Wildman–Crippen LogP) is 5.96. The zero-order valence-corrected chi connectivity index (χ0v) is 26.9. The van der Waals surface area contributed by atoms with Crippen molar-refractivity contribution in [2.45, 2.75) is 58.3 Å². The molecule has 1 amide bonds. The summed E-state index contributed by atoms with van der Waals surface area (Å²) in [5, 5.41) is 4.29. The van der Waals surface area contributed by atoms with Gasteiger partial charge in [0.25, 0.3) is 0 Å². The molecule has 1 saturated heterocycles. The molecule has 3 aromatic heterocycles. The van der Waals surface area contributed by atoms with Gasteiger partial charge in [0, 0.05) is 76.0 Å². The van der Waals surface area contributed by atoms with E-state index in [1.165, 1.54) is 6.07 Å². The van der Waals surface area contributed by atoms with Crippen molar-refractivity contribution in [2.75, 3.05) is 39.8 Å². The molecule has 6 rings (SSSR count). The fourth-order valence-electron chi connectivity index (χ4n) is 6.41. The number of aromatic nitrogens is 3. The van der Waals surface area contributed by atoms with Gasteiger partial charge in [-0.25, -0.2) is 4.52 Å². The number of fused-ring (bicyclic) bond motifs is 2. The fraction of sp³-hybridized carbons (Fsp3) is 0.429. The van der Waals surface area contributed by atoms with E-state index in [2.05, 4.69) is 10.00 Å². The molecule has 12 heteroatoms. The summed E-state index contributed by atoms with van der Waals surface area (Å²) < 4.78 is 50.3. The largest absolute Gasteiger partial charge is 0.453 e. The third-order valence-electron chi connectivity index (χ3n) is 9.18. The summed E-state index contributed by atoms with van der Waals surface area (Å²) in [4.78, 5) is 36.4. The number of hydrogen-bond donors (Lipinski definition) is 0. The van der Waals surface area contributed by atoms with Crippen molar-refractivity contribution in [3.63, 3.8) is 0 Å². The van der Waals surface area contributed by atoms with Crippen LogP contribution < -0.4 is 4.74 Å². The second-order valence-corrected chi connectivity index (χ2v) is 12.5. The summed E-state index contributed by atoms with van der Waals surface area (Å²) in [5.41, 5.74) is 2.79. The first-order chi connectivity index (χ1) is 22.5. The molecule has 47 heavy (non-hydrogen) atoms. The Morgan fingerprint density at radius 1 is 1.04 bits per heavy atom. The van der Waals surface area contributed by atoms with Crippen molar-refractivity contribution in [3.8, 4) is 11.5 Å². The van der Waals surface area contributed by atoms with Crippen LogP contribution in [0.25, 0.3) is 5.52 Å². The summed E-state index contributed by atoms with van der Waals surface area (Å²) in [7, 11) is 2.01. The highest BCUT2D eigenvalue weighted by atomic mass is 19.4. The lowest BCUT2D eigenvalue weighted by Gasteiger charge is -2.34. The van der Waals surface area contributed by atoms with Gasteiger partial charge in [0.1, 0.15) is 11.3 Å². The number of carbonyl (C=O) groups excluding carboxylic acids is 2. The Labute approximate surface area is 271 Å². The molecule has 0 unspecified atom stereocenters. The lowest BCUT2D eigenvalue weighted by atomic mass is 9.92. The third kappa shape index (κ3) is 7.18. The van der Waals surface area contributed by atoms with Crippen LogP contribution in [-0.2, 0) is 30.5 Å². The van der Waals surface area contributed by atoms with E-state index in [1.54, 1.807) is 53.1 Å². The molecule has 1 fully saturated rings. The van der Waals surface area contributed by atoms with Gasteiger partial charge in [-0.2, -0.15) is 18.3 Å². The monoisotopic (exact) mass is 648 g/mol. The van der Waals surface area contributed by atoms with Gasteiger partial charge >= 0.3 is 6.18 Å². The Morgan fingerprint density at radius 2 is 1.83 bits per heavy atom. The Hall–Kier alpha value is -4.29. The minimum atomic E-state index is -4.52. The topological polar surface area (TPSA) is 83.3 Å². The number of hydrogen-bond acceptors (Lipinski definition) is 7. The van der Waals surface area contributed by atoms with Crippen LogP contribution in [0.2, 0.25) is 0 Å². The molecule has 0 radical (unpaired) electrons. The average Bonchev–Trinajstić information content (AvgIpc) is 3.50. The van der Waals surface area contributed by atoms with Crippen molar-refractivity contribution in [1.82, 2.24) is 29.3 Å². The second-order valence-electron chi connectivity index (χ2n) is 12.5. The number of ether oxygens (including phenoxy) is 1. The van der Waals surface area contributed by atoms with E-state index in [0.29, 0.717) is 54.2 Å². The van der Waals surface area contributed by atoms with E-state index in [9.17, 15) is 22.8 Å². The first kappa shape index (κ1) is 32.6. The van der Waals surface area contributed by atoms with Gasteiger partial charge in [-0.15, -0.1) is 0 Å². The molecule has 4 aromatic rings. The number of Topliss-reactive ketones (excluding diaryl/α,β-unsaturated/α-hetero) is 1. The van der Waals surface area contributed by atoms with Crippen LogP contribution in [0, 0.1) is 0 Å². The Morgan fingerprint density at radius 3 is 2.55 bits per heavy atom. The van der Waals surface area contributed by atoms with Crippen LogP contribution in [0.4, 0.5) is 13.2 Å². The number of rotatable bonds is 9. The van der Waals surface area contributed by atoms with Gasteiger partial charge in [-0.05, 0) is 48.4 Å². The molecule has 248 valence electrons. The highest BCUT2D eigenvalue weighted by Gasteiger charge is 2.35. The van der Waals surface area contributed by atoms with Crippen LogP contribution >= 0.6 is 0 Å². The normalized spacial score (nSPS) is 17.6. The van der Waals surface area contributed by atoms with Crippen molar-refractivity contribution in [2.24, 2.45) is 0 Å². The lowest BCUT2D eigenvalue weighted by Crippen LogP contribution is -2.44. The van der Waals surface area contributed by atoms with E-state index in [-0.39, 0.29) is 42.7 Å². The Kier molecular flexibility index (Phi) is 9.34. The number of nitrogens with zero attached hydrogens (tertiary/aromatic N) is 6. The minimum absolute atomic E-state index is 0.00323. The zero-order valence-electron chi connectivity index (χ0n) is 26.9. The predicted molar refractivity (Wildman–Crippen MR) is 170 cm³/mol. The standard InChI is InChI=1S/C35H39F3N6O3/c1-4-24-20-43(33(46)15-23-6-7-25(29(14-23)35(36,37)38)19-42-12-10-41(3)11-13-42)21-27-16-28(18-39-34(24)27)47-32-8-9-40-44-22-26(17-30(32)44)31(45)5-2/h6-9,14,16-18,22,24H,4-5,10-13,15,19-21H2,1-3H3/t24-/m0/s1. The van der Waals surface area contributed by atoms with E-state index in [4.69, 9.17) is 9.72 Å². The summed E-state index contributed by atoms with van der Waals surface area (Å²) in [6.45, 7) is 7.83. The molecule has 0 saturated carbocycles. The minimum Gasteiger partial charge on any atom is -0.453 e. The van der Waals surface area contributed by atoms with Crippen LogP contribution in [-0.4, -0.2) is 80.8 Å². The van der Waals surface area contributed by atoms with Crippen LogP contribution in [0.15, 0.2) is 55.0 Å². The SMILES string of the molecule is CCC(=O)c1cc2c(Oc3cnc4c(c3)CN(C(=O)Cc3ccc(CN5CCN(C)CC5)c(C(F)(F)F)c3)C[C@@H]4CC)ccnn2c1. The fourth-order valence-corrected chi connectivity index (χ4v) is 6.41. The van der Waals surface area contributed by atoms with Crippen LogP contribution in [0.5, 0.6) is 11.5 Å². The van der Waals surface area contributed by atoms with Gasteiger partial charge in [0.05, 0.1) is 30.1 Å². The maximum Gasteiger partial charge on any atom is 0.416 e. The van der Waals surface area contributed by atoms with Gasteiger partial charge < -0.3 is 14.5 Å². The quantitative estimate of drug-likeness (QED) is 0.207. The summed E-state index contributed by atoms with van der Waals surface area (Å²) >= 11 is 0. The first-order valence-electron chi connectivity index (χ1n) is 16.1. The number of benzene rings is 1. The van der Waals surface area contributed by atoms with E-state index in [0.717, 1.165) is 36.8 Å². The highest BCUT2D eigenvalue weighted by Crippen LogP contribution is 2.36. The maximum absolute atomic E-state index is 14.2. The molecule has 0 aliphatic carbocycles. The number of alkyl halides is 3. The number of ketones is 1. The lowest BCUT2D eigenvalue weighted by molar-refractivity contribution is -0.138. The summed E-state index contributed by atoms with van der Waals surface area (Å²) in [6.07, 6.45) is 1.38. The van der Waals surface area contributed by atoms with Crippen LogP contribution in [0.3, 0.4) is 0 Å². The number of halogens is 3. The van der Waals surface area contributed by atoms with Crippen LogP contribution in [0.1, 0.15) is 70.9 Å². The molecular formula is C35H39F3N6O3. The number of pyridine rings is 1. The molecule has 2 aliphatic rings. The van der Waals surface area contributed by atoms with Crippen molar-refractivity contribution in [1.29, 1.82) is 0 Å². The van der Waals surface area contributed by atoms with Gasteiger partial charge in [-0.3, -0.25) is 19.5 Å². The molecule has 9 nitrogen and oxygen atoms in total.